The highest BCUT2D eigenvalue weighted by molar-refractivity contribution is 6.42. The standard InChI is InChI=1S/C29H20Cl2F7NO2/c30-23-5-2-6-26(27(23)31)41-22-4-1-3-21(14-22)39(15-18-9-12-20(13-24(18)32)29(36,37)38)16-25(40)17-7-10-19(11-8-17)28(33,34)35/h1-14,25,40H,15-16H2. The van der Waals surface area contributed by atoms with E-state index in [1.54, 1.807) is 36.4 Å². The number of nitrogens with zero attached hydrogens (tertiary/aromatic N) is 1. The van der Waals surface area contributed by atoms with Crippen LogP contribution in [0.1, 0.15) is 28.4 Å². The Balaban J connectivity index is 1.66. The Hall–Kier alpha value is -3.47. The molecule has 4 rings (SSSR count). The molecule has 0 radical (unpaired) electrons. The summed E-state index contributed by atoms with van der Waals surface area (Å²) >= 11 is 12.2. The van der Waals surface area contributed by atoms with Crippen LogP contribution in [-0.2, 0) is 18.9 Å². The summed E-state index contributed by atoms with van der Waals surface area (Å²) in [5, 5.41) is 11.3. The zero-order valence-corrected chi connectivity index (χ0v) is 22.3. The lowest BCUT2D eigenvalue weighted by Crippen LogP contribution is -2.28. The number of benzene rings is 4. The highest BCUT2D eigenvalue weighted by Crippen LogP contribution is 2.37. The van der Waals surface area contributed by atoms with Crippen LogP contribution in [0.4, 0.5) is 36.4 Å². The maximum absolute atomic E-state index is 14.8. The maximum atomic E-state index is 14.8. The molecule has 12 heteroatoms. The Morgan fingerprint density at radius 3 is 2.05 bits per heavy atom. The first kappa shape index (κ1) is 30.5. The van der Waals surface area contributed by atoms with Crippen molar-refractivity contribution in [1.29, 1.82) is 0 Å². The Labute approximate surface area is 240 Å². The van der Waals surface area contributed by atoms with Crippen molar-refractivity contribution < 1.29 is 40.6 Å². The first-order valence-corrected chi connectivity index (χ1v) is 12.7. The molecule has 4 aromatic carbocycles. The number of aliphatic hydroxyl groups is 1. The van der Waals surface area contributed by atoms with Crippen LogP contribution >= 0.6 is 23.2 Å². The minimum Gasteiger partial charge on any atom is -0.456 e. The van der Waals surface area contributed by atoms with E-state index in [9.17, 15) is 35.8 Å². The van der Waals surface area contributed by atoms with E-state index in [0.717, 1.165) is 36.4 Å². The highest BCUT2D eigenvalue weighted by Gasteiger charge is 2.32. The van der Waals surface area contributed by atoms with Gasteiger partial charge in [0.1, 0.15) is 22.3 Å². The van der Waals surface area contributed by atoms with Gasteiger partial charge in [0.15, 0.2) is 0 Å². The van der Waals surface area contributed by atoms with Gasteiger partial charge in [0.2, 0.25) is 0 Å². The van der Waals surface area contributed by atoms with E-state index in [1.807, 2.05) is 0 Å². The van der Waals surface area contributed by atoms with Crippen LogP contribution in [0, 0.1) is 5.82 Å². The van der Waals surface area contributed by atoms with Gasteiger partial charge < -0.3 is 14.7 Å². The second-order valence-corrected chi connectivity index (χ2v) is 9.76. The monoisotopic (exact) mass is 617 g/mol. The SMILES string of the molecule is OC(CN(Cc1ccc(C(F)(F)F)cc1F)c1cccc(Oc2cccc(Cl)c2Cl)c1)c1ccc(C(F)(F)F)cc1. The molecular formula is C29H20Cl2F7NO2. The summed E-state index contributed by atoms with van der Waals surface area (Å²) < 4.78 is 98.7. The largest absolute Gasteiger partial charge is 0.456 e. The lowest BCUT2D eigenvalue weighted by atomic mass is 10.0. The fourth-order valence-electron chi connectivity index (χ4n) is 3.96. The molecule has 0 aliphatic heterocycles. The van der Waals surface area contributed by atoms with E-state index in [0.29, 0.717) is 11.8 Å². The van der Waals surface area contributed by atoms with Crippen molar-refractivity contribution in [3.63, 3.8) is 0 Å². The normalized spacial score (nSPS) is 12.7. The van der Waals surface area contributed by atoms with Crippen LogP contribution in [-0.4, -0.2) is 11.7 Å². The molecule has 0 aromatic heterocycles. The number of halogens is 9. The first-order valence-electron chi connectivity index (χ1n) is 11.9. The van der Waals surface area contributed by atoms with Gasteiger partial charge in [0, 0.05) is 30.4 Å². The fraction of sp³-hybridized carbons (Fsp3) is 0.172. The molecule has 3 nitrogen and oxygen atoms in total. The van der Waals surface area contributed by atoms with E-state index in [2.05, 4.69) is 0 Å². The number of ether oxygens (including phenoxy) is 1. The number of aliphatic hydroxyl groups excluding tert-OH is 1. The van der Waals surface area contributed by atoms with E-state index >= 15 is 0 Å². The zero-order chi connectivity index (χ0) is 29.9. The summed E-state index contributed by atoms with van der Waals surface area (Å²) in [6, 6.07) is 17.0. The third kappa shape index (κ3) is 7.63. The predicted molar refractivity (Wildman–Crippen MR) is 142 cm³/mol. The fourth-order valence-corrected chi connectivity index (χ4v) is 4.29. The van der Waals surface area contributed by atoms with Crippen LogP contribution in [0.2, 0.25) is 10.0 Å². The van der Waals surface area contributed by atoms with Gasteiger partial charge in [-0.05, 0) is 54.1 Å². The molecule has 0 heterocycles. The molecule has 0 saturated heterocycles. The zero-order valence-electron chi connectivity index (χ0n) is 20.8. The molecule has 1 N–H and O–H groups in total. The summed E-state index contributed by atoms with van der Waals surface area (Å²) in [6.07, 6.45) is -10.7. The molecule has 0 fully saturated rings. The minimum absolute atomic E-state index is 0.109. The van der Waals surface area contributed by atoms with E-state index in [-0.39, 0.29) is 45.8 Å². The Morgan fingerprint density at radius 2 is 1.41 bits per heavy atom. The topological polar surface area (TPSA) is 32.7 Å². The molecular weight excluding hydrogens is 598 g/mol. The molecule has 216 valence electrons. The summed E-state index contributed by atoms with van der Waals surface area (Å²) in [5.74, 6) is -0.609. The number of alkyl halides is 6. The molecule has 0 aliphatic carbocycles. The van der Waals surface area contributed by atoms with Crippen molar-refractivity contribution in [1.82, 2.24) is 0 Å². The molecule has 0 spiro atoms. The maximum Gasteiger partial charge on any atom is 0.416 e. The minimum atomic E-state index is -4.74. The predicted octanol–water partition coefficient (Wildman–Crippen LogP) is 9.70. The van der Waals surface area contributed by atoms with Crippen LogP contribution in [0.25, 0.3) is 0 Å². The van der Waals surface area contributed by atoms with Gasteiger partial charge in [0.05, 0.1) is 22.3 Å². The summed E-state index contributed by atoms with van der Waals surface area (Å²) in [4.78, 5) is 1.46. The summed E-state index contributed by atoms with van der Waals surface area (Å²) in [6.45, 7) is -0.545. The van der Waals surface area contributed by atoms with Crippen LogP contribution < -0.4 is 9.64 Å². The third-order valence-electron chi connectivity index (χ3n) is 6.08. The van der Waals surface area contributed by atoms with Gasteiger partial charge >= 0.3 is 12.4 Å². The number of anilines is 1. The van der Waals surface area contributed by atoms with Crippen molar-refractivity contribution in [2.75, 3.05) is 11.4 Å². The Morgan fingerprint density at radius 1 is 0.780 bits per heavy atom. The number of hydrogen-bond donors (Lipinski definition) is 1. The molecule has 41 heavy (non-hydrogen) atoms. The van der Waals surface area contributed by atoms with Gasteiger partial charge in [-0.3, -0.25) is 0 Å². The molecule has 0 aliphatic rings. The van der Waals surface area contributed by atoms with Crippen molar-refractivity contribution in [2.24, 2.45) is 0 Å². The van der Waals surface area contributed by atoms with Gasteiger partial charge in [0.25, 0.3) is 0 Å². The third-order valence-corrected chi connectivity index (χ3v) is 6.89. The molecule has 1 atom stereocenters. The van der Waals surface area contributed by atoms with Crippen LogP contribution in [0.5, 0.6) is 11.5 Å². The number of hydrogen-bond acceptors (Lipinski definition) is 3. The quantitative estimate of drug-likeness (QED) is 0.200. The lowest BCUT2D eigenvalue weighted by Gasteiger charge is -2.28. The Bertz CT molecular complexity index is 1510. The van der Waals surface area contributed by atoms with Gasteiger partial charge in [-0.25, -0.2) is 4.39 Å². The second kappa shape index (κ2) is 12.2. The van der Waals surface area contributed by atoms with Crippen molar-refractivity contribution in [3.05, 3.63) is 123 Å². The van der Waals surface area contributed by atoms with Crippen molar-refractivity contribution in [3.8, 4) is 11.5 Å². The second-order valence-electron chi connectivity index (χ2n) is 8.97. The van der Waals surface area contributed by atoms with Gasteiger partial charge in [-0.1, -0.05) is 53.5 Å². The smallest absolute Gasteiger partial charge is 0.416 e. The van der Waals surface area contributed by atoms with Crippen molar-refractivity contribution >= 4 is 28.9 Å². The Kier molecular flexibility index (Phi) is 9.06. The average molecular weight is 618 g/mol. The molecule has 0 bridgehead atoms. The summed E-state index contributed by atoms with van der Waals surface area (Å²) in [5.41, 5.74) is -1.66. The van der Waals surface area contributed by atoms with E-state index in [1.165, 1.54) is 11.0 Å². The molecule has 1 unspecified atom stereocenters. The molecule has 0 saturated carbocycles. The molecule has 0 amide bonds. The van der Waals surface area contributed by atoms with E-state index < -0.39 is 35.4 Å². The van der Waals surface area contributed by atoms with Crippen molar-refractivity contribution in [2.45, 2.75) is 25.0 Å². The van der Waals surface area contributed by atoms with Crippen LogP contribution in [0.3, 0.4) is 0 Å². The first-order chi connectivity index (χ1) is 19.2. The molecule has 4 aromatic rings. The van der Waals surface area contributed by atoms with Gasteiger partial charge in [-0.15, -0.1) is 0 Å². The van der Waals surface area contributed by atoms with Crippen LogP contribution in [0.15, 0.2) is 84.9 Å². The average Bonchev–Trinajstić information content (AvgIpc) is 2.91. The summed E-state index contributed by atoms with van der Waals surface area (Å²) in [7, 11) is 0. The van der Waals surface area contributed by atoms with E-state index in [4.69, 9.17) is 27.9 Å². The number of rotatable bonds is 8. The lowest BCUT2D eigenvalue weighted by molar-refractivity contribution is -0.138. The highest BCUT2D eigenvalue weighted by atomic mass is 35.5. The van der Waals surface area contributed by atoms with Gasteiger partial charge in [-0.2, -0.15) is 26.3 Å².